The minimum atomic E-state index is -1.54. The summed E-state index contributed by atoms with van der Waals surface area (Å²) in [5.41, 5.74) is 16.3. The fourth-order valence-corrected chi connectivity index (χ4v) is 2.94. The largest absolute Gasteiger partial charge is 0.481 e. The Morgan fingerprint density at radius 2 is 1.52 bits per heavy atom. The normalized spacial score (nSPS) is 14.2. The van der Waals surface area contributed by atoms with Crippen LogP contribution in [0.5, 0.6) is 0 Å². The lowest BCUT2D eigenvalue weighted by molar-refractivity contribution is -0.143. The van der Waals surface area contributed by atoms with Crippen LogP contribution in [-0.2, 0) is 24.0 Å². The van der Waals surface area contributed by atoms with Crippen LogP contribution in [0.4, 0.5) is 0 Å². The van der Waals surface area contributed by atoms with Gasteiger partial charge < -0.3 is 43.4 Å². The molecule has 188 valence electrons. The highest BCUT2D eigenvalue weighted by Crippen LogP contribution is 2.05. The fourth-order valence-electron chi connectivity index (χ4n) is 2.47. The Labute approximate surface area is 195 Å². The van der Waals surface area contributed by atoms with Gasteiger partial charge >= 0.3 is 11.9 Å². The number of nitrogens with zero attached hydrogens (tertiary/aromatic N) is 1. The number of rotatable bonds is 16. The maximum absolute atomic E-state index is 12.7. The highest BCUT2D eigenvalue weighted by molar-refractivity contribution is 7.98. The minimum absolute atomic E-state index is 0.0838. The van der Waals surface area contributed by atoms with Crippen molar-refractivity contribution in [2.45, 2.75) is 56.8 Å². The summed E-state index contributed by atoms with van der Waals surface area (Å²) in [4.78, 5) is 63.3. The number of guanidine groups is 1. The Hall–Kier alpha value is -3.07. The lowest BCUT2D eigenvalue weighted by atomic mass is 10.1. The third-order valence-electron chi connectivity index (χ3n) is 4.29. The van der Waals surface area contributed by atoms with Crippen LogP contribution in [-0.4, -0.2) is 88.6 Å². The summed E-state index contributed by atoms with van der Waals surface area (Å²) in [7, 11) is 0. The van der Waals surface area contributed by atoms with E-state index in [4.69, 9.17) is 27.4 Å². The van der Waals surface area contributed by atoms with Crippen molar-refractivity contribution in [2.75, 3.05) is 18.6 Å². The lowest BCUT2D eigenvalue weighted by Gasteiger charge is -2.24. The van der Waals surface area contributed by atoms with Gasteiger partial charge in [0.05, 0.1) is 12.5 Å². The molecule has 0 aliphatic heterocycles. The van der Waals surface area contributed by atoms with Gasteiger partial charge in [0.15, 0.2) is 5.96 Å². The van der Waals surface area contributed by atoms with Gasteiger partial charge in [-0.15, -0.1) is 0 Å². The quantitative estimate of drug-likeness (QED) is 0.0619. The molecule has 3 amide bonds. The molecule has 0 aromatic carbocycles. The second-order valence-electron chi connectivity index (χ2n) is 7.13. The van der Waals surface area contributed by atoms with E-state index in [-0.39, 0.29) is 25.3 Å². The fraction of sp³-hybridized carbons (Fsp3) is 0.667. The zero-order chi connectivity index (χ0) is 25.6. The molecular weight excluding hydrogens is 458 g/mol. The molecule has 0 radical (unpaired) electrons. The summed E-state index contributed by atoms with van der Waals surface area (Å²) < 4.78 is 0. The van der Waals surface area contributed by atoms with E-state index in [9.17, 15) is 24.0 Å². The molecule has 0 spiro atoms. The van der Waals surface area contributed by atoms with Crippen molar-refractivity contribution in [3.8, 4) is 0 Å². The minimum Gasteiger partial charge on any atom is -0.481 e. The van der Waals surface area contributed by atoms with Crippen molar-refractivity contribution < 1.29 is 34.2 Å². The first kappa shape index (κ1) is 29.9. The van der Waals surface area contributed by atoms with Gasteiger partial charge in [0, 0.05) is 6.54 Å². The van der Waals surface area contributed by atoms with Crippen molar-refractivity contribution in [2.24, 2.45) is 22.2 Å². The van der Waals surface area contributed by atoms with Crippen molar-refractivity contribution in [3.05, 3.63) is 0 Å². The molecule has 0 aliphatic rings. The molecule has 11 N–H and O–H groups in total. The molecule has 15 heteroatoms. The Morgan fingerprint density at radius 1 is 0.939 bits per heavy atom. The predicted molar refractivity (Wildman–Crippen MR) is 122 cm³/mol. The molecule has 0 fully saturated rings. The highest BCUT2D eigenvalue weighted by atomic mass is 32.2. The van der Waals surface area contributed by atoms with Crippen LogP contribution in [0.25, 0.3) is 0 Å². The second-order valence-corrected chi connectivity index (χ2v) is 8.11. The van der Waals surface area contributed by atoms with Gasteiger partial charge in [-0.05, 0) is 38.2 Å². The van der Waals surface area contributed by atoms with Crippen molar-refractivity contribution in [3.63, 3.8) is 0 Å². The van der Waals surface area contributed by atoms with E-state index in [1.54, 1.807) is 6.26 Å². The molecule has 0 rings (SSSR count). The first-order valence-electron chi connectivity index (χ1n) is 10.0. The molecule has 0 bridgehead atoms. The van der Waals surface area contributed by atoms with E-state index in [0.717, 1.165) is 0 Å². The number of aliphatic imine (C=N–C) groups is 1. The molecule has 0 aromatic heterocycles. The molecule has 14 nitrogen and oxygen atoms in total. The van der Waals surface area contributed by atoms with Gasteiger partial charge in [0.1, 0.15) is 18.1 Å². The summed E-state index contributed by atoms with van der Waals surface area (Å²) in [5.74, 6) is -4.71. The van der Waals surface area contributed by atoms with Crippen molar-refractivity contribution in [1.29, 1.82) is 0 Å². The van der Waals surface area contributed by atoms with Crippen molar-refractivity contribution >= 4 is 47.4 Å². The van der Waals surface area contributed by atoms with E-state index in [2.05, 4.69) is 20.9 Å². The number of thioether (sulfide) groups is 1. The number of hydrogen-bond acceptors (Lipinski definition) is 8. The van der Waals surface area contributed by atoms with E-state index < -0.39 is 60.2 Å². The van der Waals surface area contributed by atoms with Crippen LogP contribution in [0, 0.1) is 0 Å². The molecule has 0 saturated heterocycles. The number of nitrogens with two attached hydrogens (primary N) is 3. The van der Waals surface area contributed by atoms with Gasteiger partial charge in [0.25, 0.3) is 0 Å². The van der Waals surface area contributed by atoms with Gasteiger partial charge in [0.2, 0.25) is 17.7 Å². The monoisotopic (exact) mass is 491 g/mol. The average Bonchev–Trinajstić information content (AvgIpc) is 2.72. The Kier molecular flexibility index (Phi) is 14.2. The zero-order valence-corrected chi connectivity index (χ0v) is 19.4. The summed E-state index contributed by atoms with van der Waals surface area (Å²) >= 11 is 1.41. The molecule has 4 atom stereocenters. The Morgan fingerprint density at radius 3 is 2.03 bits per heavy atom. The van der Waals surface area contributed by atoms with Crippen LogP contribution in [0.1, 0.15) is 32.6 Å². The van der Waals surface area contributed by atoms with Gasteiger partial charge in [-0.1, -0.05) is 0 Å². The van der Waals surface area contributed by atoms with Crippen LogP contribution < -0.4 is 33.2 Å². The first-order valence-corrected chi connectivity index (χ1v) is 11.4. The molecule has 4 unspecified atom stereocenters. The van der Waals surface area contributed by atoms with Crippen molar-refractivity contribution in [1.82, 2.24) is 16.0 Å². The first-order chi connectivity index (χ1) is 15.4. The van der Waals surface area contributed by atoms with Crippen LogP contribution in [0.15, 0.2) is 4.99 Å². The van der Waals surface area contributed by atoms with E-state index >= 15 is 0 Å². The summed E-state index contributed by atoms with van der Waals surface area (Å²) in [6.45, 7) is 1.47. The summed E-state index contributed by atoms with van der Waals surface area (Å²) in [6.07, 6.45) is 1.87. The molecule has 33 heavy (non-hydrogen) atoms. The number of hydrogen-bond donors (Lipinski definition) is 8. The lowest BCUT2D eigenvalue weighted by Crippen LogP contribution is -2.57. The maximum atomic E-state index is 12.7. The number of aliphatic carboxylic acids is 2. The third kappa shape index (κ3) is 13.2. The Bertz CT molecular complexity index is 731. The molecule has 0 aliphatic carbocycles. The number of carbonyl (C=O) groups is 5. The van der Waals surface area contributed by atoms with Crippen LogP contribution in [0.3, 0.4) is 0 Å². The smallest absolute Gasteiger partial charge is 0.325 e. The van der Waals surface area contributed by atoms with E-state index in [1.165, 1.54) is 18.7 Å². The number of carbonyl (C=O) groups excluding carboxylic acids is 3. The van der Waals surface area contributed by atoms with E-state index in [0.29, 0.717) is 12.2 Å². The Balaban J connectivity index is 5.21. The average molecular weight is 492 g/mol. The maximum Gasteiger partial charge on any atom is 0.325 e. The molecule has 0 saturated carbocycles. The SMILES string of the molecule is CSCCC(NC(=O)C(N)CCCN=C(N)N)C(=O)NC(CC(=O)O)C(=O)NC(C)C(=O)O. The van der Waals surface area contributed by atoms with E-state index in [1.807, 2.05) is 0 Å². The summed E-state index contributed by atoms with van der Waals surface area (Å²) in [6, 6.07) is -4.87. The van der Waals surface area contributed by atoms with Crippen LogP contribution in [0.2, 0.25) is 0 Å². The number of carboxylic acid groups (broad SMARTS) is 2. The second kappa shape index (κ2) is 15.7. The molecule has 0 aromatic rings. The topological polar surface area (TPSA) is 252 Å². The molecule has 0 heterocycles. The zero-order valence-electron chi connectivity index (χ0n) is 18.6. The molecular formula is C18H33N7O7S. The van der Waals surface area contributed by atoms with Gasteiger partial charge in [-0.25, -0.2) is 0 Å². The number of carboxylic acids is 2. The predicted octanol–water partition coefficient (Wildman–Crippen LogP) is -2.85. The number of nitrogens with one attached hydrogen (secondary N) is 3. The standard InChI is InChI=1S/C18H33N7O7S/c1-9(17(31)32)23-16(30)12(8-13(26)27)25-15(29)11(5-7-33-2)24-14(28)10(19)4-3-6-22-18(20)21/h9-12H,3-8,19H2,1-2H3,(H,23,30)(H,24,28)(H,25,29)(H,26,27)(H,31,32)(H4,20,21,22). The van der Waals surface area contributed by atoms with Crippen LogP contribution >= 0.6 is 11.8 Å². The third-order valence-corrected chi connectivity index (χ3v) is 4.93. The highest BCUT2D eigenvalue weighted by Gasteiger charge is 2.30. The van der Waals surface area contributed by atoms with Gasteiger partial charge in [-0.2, -0.15) is 11.8 Å². The summed E-state index contributed by atoms with van der Waals surface area (Å²) in [5, 5.41) is 24.9. The number of amides is 3. The van der Waals surface area contributed by atoms with Gasteiger partial charge in [-0.3, -0.25) is 29.0 Å².